The molecular weight excluding hydrogens is 332 g/mol. The summed E-state index contributed by atoms with van der Waals surface area (Å²) in [4.78, 5) is 11.9. The second-order valence-electron chi connectivity index (χ2n) is 5.80. The first kappa shape index (κ1) is 16.4. The summed E-state index contributed by atoms with van der Waals surface area (Å²) < 4.78 is 28.2. The van der Waals surface area contributed by atoms with Gasteiger partial charge >= 0.3 is 0 Å². The summed E-state index contributed by atoms with van der Waals surface area (Å²) in [6.07, 6.45) is 0. The number of fused-ring (bicyclic) bond motifs is 3. The van der Waals surface area contributed by atoms with Crippen LogP contribution in [-0.2, 0) is 16.1 Å². The third-order valence-corrected chi connectivity index (χ3v) is 4.90. The Hall–Kier alpha value is -2.42. The van der Waals surface area contributed by atoms with Gasteiger partial charge in [0, 0.05) is 16.8 Å². The summed E-state index contributed by atoms with van der Waals surface area (Å²) in [5, 5.41) is 10.7. The van der Waals surface area contributed by atoms with Crippen LogP contribution in [0.5, 0.6) is 0 Å². The topological polar surface area (TPSA) is 103 Å². The number of hydrogen-bond donors (Lipinski definition) is 3. The lowest BCUT2D eigenvalue weighted by molar-refractivity contribution is -0.133. The summed E-state index contributed by atoms with van der Waals surface area (Å²) in [5.74, 6) is -0.811. The maximum Gasteiger partial charge on any atom is 0.269 e. The van der Waals surface area contributed by atoms with Crippen molar-refractivity contribution in [1.82, 2.24) is 5.48 Å². The Labute approximate surface area is 140 Å². The molecule has 1 heterocycles. The molecule has 3 N–H and O–H groups in total. The van der Waals surface area contributed by atoms with Crippen molar-refractivity contribution in [3.05, 3.63) is 42.5 Å². The number of hydroxylamine groups is 1. The molecule has 1 amide bonds. The predicted molar refractivity (Wildman–Crippen MR) is 91.0 cm³/mol. The average molecular weight is 348 g/mol. The molecule has 0 spiro atoms. The van der Waals surface area contributed by atoms with Crippen molar-refractivity contribution >= 4 is 44.8 Å². The molecule has 1 atom stereocenters. The van der Waals surface area contributed by atoms with Gasteiger partial charge in [-0.05, 0) is 32.0 Å². The van der Waals surface area contributed by atoms with Crippen LogP contribution in [0.15, 0.2) is 46.9 Å². The molecule has 0 aliphatic heterocycles. The van der Waals surface area contributed by atoms with Gasteiger partial charge in [-0.2, -0.15) is 0 Å². The SMILES string of the molecule is CC(C)(C(=O)NO)N(c1ccc2c(c1)oc1ccccc12)S(=O)O. The highest BCUT2D eigenvalue weighted by Gasteiger charge is 2.38. The van der Waals surface area contributed by atoms with Crippen LogP contribution in [0.2, 0.25) is 0 Å². The van der Waals surface area contributed by atoms with E-state index in [1.54, 1.807) is 18.2 Å². The van der Waals surface area contributed by atoms with Gasteiger partial charge in [0.2, 0.25) is 0 Å². The molecule has 0 saturated heterocycles. The fourth-order valence-corrected chi connectivity index (χ4v) is 3.45. The van der Waals surface area contributed by atoms with E-state index in [2.05, 4.69) is 0 Å². The van der Waals surface area contributed by atoms with Crippen LogP contribution in [0.3, 0.4) is 0 Å². The molecule has 0 bridgehead atoms. The van der Waals surface area contributed by atoms with Crippen LogP contribution in [0.25, 0.3) is 21.9 Å². The highest BCUT2D eigenvalue weighted by molar-refractivity contribution is 7.80. The second kappa shape index (κ2) is 5.90. The second-order valence-corrected chi connectivity index (χ2v) is 6.63. The highest BCUT2D eigenvalue weighted by atomic mass is 32.2. The first-order valence-corrected chi connectivity index (χ1v) is 8.19. The number of hydrogen-bond acceptors (Lipinski definition) is 4. The standard InChI is InChI=1S/C16H16N2O5S/c1-16(2,15(19)17-20)18(24(21)22)10-7-8-12-11-5-3-4-6-13(11)23-14(12)9-10/h3-9,20H,1-2H3,(H,17,19)(H,21,22). The Kier molecular flexibility index (Phi) is 4.04. The van der Waals surface area contributed by atoms with Gasteiger partial charge in [-0.25, -0.2) is 9.69 Å². The monoisotopic (exact) mass is 348 g/mol. The Morgan fingerprint density at radius 2 is 1.83 bits per heavy atom. The normalized spacial score (nSPS) is 13.2. The zero-order chi connectivity index (χ0) is 17.5. The van der Waals surface area contributed by atoms with Crippen molar-refractivity contribution in [2.24, 2.45) is 0 Å². The van der Waals surface area contributed by atoms with E-state index in [4.69, 9.17) is 9.62 Å². The van der Waals surface area contributed by atoms with Crippen LogP contribution < -0.4 is 9.79 Å². The van der Waals surface area contributed by atoms with Crippen molar-refractivity contribution in [1.29, 1.82) is 0 Å². The number of carbonyl (C=O) groups excluding carboxylic acids is 1. The number of amides is 1. The van der Waals surface area contributed by atoms with Crippen LogP contribution in [-0.4, -0.2) is 25.4 Å². The van der Waals surface area contributed by atoms with Gasteiger partial charge in [-0.3, -0.25) is 18.9 Å². The Balaban J connectivity index is 2.17. The van der Waals surface area contributed by atoms with E-state index < -0.39 is 22.7 Å². The van der Waals surface area contributed by atoms with E-state index in [0.717, 1.165) is 15.1 Å². The zero-order valence-corrected chi connectivity index (χ0v) is 13.8. The molecule has 3 aromatic rings. The molecule has 7 nitrogen and oxygen atoms in total. The molecular formula is C16H16N2O5S. The first-order valence-electron chi connectivity index (χ1n) is 7.13. The van der Waals surface area contributed by atoms with E-state index >= 15 is 0 Å². The average Bonchev–Trinajstić information content (AvgIpc) is 2.91. The Morgan fingerprint density at radius 3 is 2.50 bits per heavy atom. The summed E-state index contributed by atoms with van der Waals surface area (Å²) in [5.41, 5.74) is 1.61. The largest absolute Gasteiger partial charge is 0.456 e. The smallest absolute Gasteiger partial charge is 0.269 e. The Bertz CT molecular complexity index is 950. The van der Waals surface area contributed by atoms with Gasteiger partial charge in [-0.15, -0.1) is 0 Å². The molecule has 1 aromatic heterocycles. The number of furan rings is 1. The van der Waals surface area contributed by atoms with E-state index in [9.17, 15) is 13.6 Å². The number of nitrogens with zero attached hydrogens (tertiary/aromatic N) is 1. The number of anilines is 1. The fraction of sp³-hybridized carbons (Fsp3) is 0.188. The molecule has 8 heteroatoms. The number of benzene rings is 2. The number of carbonyl (C=O) groups is 1. The van der Waals surface area contributed by atoms with E-state index in [1.807, 2.05) is 24.3 Å². The van der Waals surface area contributed by atoms with Crippen LogP contribution in [0, 0.1) is 0 Å². The highest BCUT2D eigenvalue weighted by Crippen LogP contribution is 2.34. The molecule has 24 heavy (non-hydrogen) atoms. The summed E-state index contributed by atoms with van der Waals surface area (Å²) in [7, 11) is 0. The zero-order valence-electron chi connectivity index (χ0n) is 13.0. The lowest BCUT2D eigenvalue weighted by atomic mass is 10.0. The van der Waals surface area contributed by atoms with Gasteiger partial charge < -0.3 is 4.42 Å². The third kappa shape index (κ3) is 2.54. The molecule has 0 aliphatic rings. The van der Waals surface area contributed by atoms with Gasteiger partial charge in [0.1, 0.15) is 16.7 Å². The van der Waals surface area contributed by atoms with Crippen molar-refractivity contribution in [3.8, 4) is 0 Å². The molecule has 3 rings (SSSR count). The van der Waals surface area contributed by atoms with E-state index in [0.29, 0.717) is 16.9 Å². The maximum atomic E-state index is 11.9. The number of rotatable bonds is 4. The van der Waals surface area contributed by atoms with Crippen LogP contribution >= 0.6 is 0 Å². The lowest BCUT2D eigenvalue weighted by Crippen LogP contribution is -2.55. The number of para-hydroxylation sites is 1. The van der Waals surface area contributed by atoms with E-state index in [1.165, 1.54) is 19.3 Å². The lowest BCUT2D eigenvalue weighted by Gasteiger charge is -2.34. The van der Waals surface area contributed by atoms with Crippen molar-refractivity contribution in [3.63, 3.8) is 0 Å². The minimum Gasteiger partial charge on any atom is -0.456 e. The van der Waals surface area contributed by atoms with Crippen LogP contribution in [0.1, 0.15) is 13.8 Å². The maximum absolute atomic E-state index is 11.9. The quantitative estimate of drug-likeness (QED) is 0.382. The third-order valence-electron chi connectivity index (χ3n) is 3.92. The molecule has 126 valence electrons. The van der Waals surface area contributed by atoms with Crippen molar-refractivity contribution in [2.75, 3.05) is 4.31 Å². The van der Waals surface area contributed by atoms with Gasteiger partial charge in [-0.1, -0.05) is 18.2 Å². The molecule has 0 fully saturated rings. The fourth-order valence-electron chi connectivity index (χ4n) is 2.68. The summed E-state index contributed by atoms with van der Waals surface area (Å²) >= 11 is -2.49. The minimum absolute atomic E-state index is 0.316. The minimum atomic E-state index is -2.49. The van der Waals surface area contributed by atoms with Gasteiger partial charge in [0.25, 0.3) is 17.2 Å². The molecule has 0 saturated carbocycles. The molecule has 2 aromatic carbocycles. The summed E-state index contributed by atoms with van der Waals surface area (Å²) in [6, 6.07) is 12.5. The Morgan fingerprint density at radius 1 is 1.17 bits per heavy atom. The number of nitrogens with one attached hydrogen (secondary N) is 1. The van der Waals surface area contributed by atoms with Crippen molar-refractivity contribution < 1.29 is 23.2 Å². The first-order chi connectivity index (χ1) is 11.4. The molecule has 0 radical (unpaired) electrons. The van der Waals surface area contributed by atoms with Crippen molar-refractivity contribution in [2.45, 2.75) is 19.4 Å². The summed E-state index contributed by atoms with van der Waals surface area (Å²) in [6.45, 7) is 2.85. The molecule has 0 aliphatic carbocycles. The van der Waals surface area contributed by atoms with Gasteiger partial charge in [0.15, 0.2) is 0 Å². The van der Waals surface area contributed by atoms with Gasteiger partial charge in [0.05, 0.1) is 5.69 Å². The molecule has 1 unspecified atom stereocenters. The van der Waals surface area contributed by atoms with Crippen LogP contribution in [0.4, 0.5) is 5.69 Å². The predicted octanol–water partition coefficient (Wildman–Crippen LogP) is 2.81. The van der Waals surface area contributed by atoms with E-state index in [-0.39, 0.29) is 0 Å².